The quantitative estimate of drug-likeness (QED) is 0.705. The van der Waals surface area contributed by atoms with Gasteiger partial charge >= 0.3 is 5.97 Å². The summed E-state index contributed by atoms with van der Waals surface area (Å²) in [6.07, 6.45) is 0.620. The van der Waals surface area contributed by atoms with Crippen LogP contribution in [0.5, 0.6) is 0 Å². The minimum Gasteiger partial charge on any atom is -0.449 e. The van der Waals surface area contributed by atoms with Crippen LogP contribution in [0.15, 0.2) is 40.9 Å². The Bertz CT molecular complexity index is 955. The Labute approximate surface area is 150 Å². The van der Waals surface area contributed by atoms with Crippen molar-refractivity contribution in [1.82, 2.24) is 9.78 Å². The third-order valence-electron chi connectivity index (χ3n) is 4.09. The lowest BCUT2D eigenvalue weighted by Gasteiger charge is -2.15. The lowest BCUT2D eigenvalue weighted by molar-refractivity contribution is -0.123. The summed E-state index contributed by atoms with van der Waals surface area (Å²) in [5.74, 6) is -0.445. The molecule has 0 aliphatic carbocycles. The summed E-state index contributed by atoms with van der Waals surface area (Å²) in [5.41, 5.74) is 1.30. The third kappa shape index (κ3) is 3.33. The predicted molar refractivity (Wildman–Crippen MR) is 97.1 cm³/mol. The second-order valence-corrected chi connectivity index (χ2v) is 6.34. The number of nitrogens with zero attached hydrogens (tertiary/aromatic N) is 2. The molecule has 2 heterocycles. The van der Waals surface area contributed by atoms with E-state index in [2.05, 4.69) is 10.4 Å². The first-order valence-corrected chi connectivity index (χ1v) is 8.42. The smallest absolute Gasteiger partial charge is 0.375 e. The number of aryl methyl sites for hydroxylation is 1. The van der Waals surface area contributed by atoms with E-state index in [1.807, 2.05) is 32.0 Å². The number of carbonyl (C=O) groups excluding carboxylic acids is 2. The van der Waals surface area contributed by atoms with Crippen LogP contribution < -0.4 is 5.32 Å². The van der Waals surface area contributed by atoms with E-state index in [4.69, 9.17) is 9.15 Å². The van der Waals surface area contributed by atoms with Crippen molar-refractivity contribution in [3.8, 4) is 0 Å². The fraction of sp³-hybridized carbons (Fsp3) is 0.316. The highest BCUT2D eigenvalue weighted by Crippen LogP contribution is 2.25. The number of ether oxygens (including phenoxy) is 1. The Hall–Kier alpha value is -3.09. The monoisotopic (exact) mass is 355 g/mol. The molecular formula is C19H21N3O4. The molecule has 1 amide bonds. The van der Waals surface area contributed by atoms with Gasteiger partial charge in [0.1, 0.15) is 11.4 Å². The molecule has 0 aliphatic heterocycles. The van der Waals surface area contributed by atoms with Gasteiger partial charge in [-0.3, -0.25) is 4.79 Å². The summed E-state index contributed by atoms with van der Waals surface area (Å²) >= 11 is 0. The van der Waals surface area contributed by atoms with Crippen LogP contribution in [0, 0.1) is 6.92 Å². The van der Waals surface area contributed by atoms with Gasteiger partial charge in [-0.1, -0.05) is 18.2 Å². The number of rotatable bonds is 5. The molecule has 2 aromatic heterocycles. The van der Waals surface area contributed by atoms with Crippen LogP contribution in [0.25, 0.3) is 11.0 Å². The van der Waals surface area contributed by atoms with E-state index in [1.165, 1.54) is 6.92 Å². The Morgan fingerprint density at radius 2 is 1.92 bits per heavy atom. The molecule has 1 aromatic carbocycles. The van der Waals surface area contributed by atoms with Gasteiger partial charge in [-0.2, -0.15) is 5.10 Å². The predicted octanol–water partition coefficient (Wildman–Crippen LogP) is 3.70. The van der Waals surface area contributed by atoms with E-state index in [0.717, 1.165) is 5.39 Å². The van der Waals surface area contributed by atoms with E-state index in [-0.39, 0.29) is 11.8 Å². The first kappa shape index (κ1) is 17.7. The topological polar surface area (TPSA) is 86.4 Å². The van der Waals surface area contributed by atoms with Crippen LogP contribution >= 0.6 is 0 Å². The van der Waals surface area contributed by atoms with E-state index >= 15 is 0 Å². The van der Waals surface area contributed by atoms with E-state index in [1.54, 1.807) is 29.9 Å². The van der Waals surface area contributed by atoms with Crippen molar-refractivity contribution in [1.29, 1.82) is 0 Å². The molecule has 7 heteroatoms. The van der Waals surface area contributed by atoms with Crippen LogP contribution in [0.1, 0.15) is 42.9 Å². The number of aromatic nitrogens is 2. The molecule has 3 aromatic rings. The number of carbonyl (C=O) groups is 2. The van der Waals surface area contributed by atoms with Gasteiger partial charge in [0, 0.05) is 23.1 Å². The third-order valence-corrected chi connectivity index (χ3v) is 4.09. The molecule has 0 unspecified atom stereocenters. The number of benzene rings is 1. The number of para-hydroxylation sites is 1. The number of furan rings is 1. The van der Waals surface area contributed by atoms with Gasteiger partial charge in [-0.05, 0) is 33.8 Å². The Balaban J connectivity index is 1.71. The fourth-order valence-corrected chi connectivity index (χ4v) is 2.69. The number of hydrogen-bond acceptors (Lipinski definition) is 5. The Morgan fingerprint density at radius 3 is 2.62 bits per heavy atom. The lowest BCUT2D eigenvalue weighted by Crippen LogP contribution is -2.31. The van der Waals surface area contributed by atoms with Gasteiger partial charge in [-0.15, -0.1) is 0 Å². The number of fused-ring (bicyclic) bond motifs is 1. The molecule has 0 bridgehead atoms. The normalized spacial score (nSPS) is 12.3. The zero-order valence-electron chi connectivity index (χ0n) is 15.1. The highest BCUT2D eigenvalue weighted by atomic mass is 16.6. The molecule has 0 radical (unpaired) electrons. The average molecular weight is 355 g/mol. The molecule has 0 spiro atoms. The summed E-state index contributed by atoms with van der Waals surface area (Å²) in [6, 6.07) is 9.13. The van der Waals surface area contributed by atoms with Gasteiger partial charge in [0.05, 0.1) is 6.20 Å². The van der Waals surface area contributed by atoms with Gasteiger partial charge < -0.3 is 14.5 Å². The maximum atomic E-state index is 12.4. The number of amides is 1. The summed E-state index contributed by atoms with van der Waals surface area (Å²) < 4.78 is 12.5. The molecule has 136 valence electrons. The van der Waals surface area contributed by atoms with Crippen molar-refractivity contribution >= 4 is 28.7 Å². The molecule has 7 nitrogen and oxygen atoms in total. The van der Waals surface area contributed by atoms with Crippen LogP contribution in [0.2, 0.25) is 0 Å². The van der Waals surface area contributed by atoms with Crippen LogP contribution in [0.3, 0.4) is 0 Å². The zero-order chi connectivity index (χ0) is 18.8. The highest BCUT2D eigenvalue weighted by Gasteiger charge is 2.24. The second-order valence-electron chi connectivity index (χ2n) is 6.34. The van der Waals surface area contributed by atoms with Crippen LogP contribution in [0.4, 0.5) is 5.82 Å². The van der Waals surface area contributed by atoms with Crippen molar-refractivity contribution in [3.63, 3.8) is 0 Å². The maximum absolute atomic E-state index is 12.4. The second kappa shape index (κ2) is 7.03. The molecule has 0 aliphatic rings. The van der Waals surface area contributed by atoms with Gasteiger partial charge in [-0.25, -0.2) is 9.48 Å². The van der Waals surface area contributed by atoms with Gasteiger partial charge in [0.25, 0.3) is 5.91 Å². The maximum Gasteiger partial charge on any atom is 0.375 e. The van der Waals surface area contributed by atoms with Crippen LogP contribution in [-0.2, 0) is 9.53 Å². The molecule has 3 rings (SSSR count). The molecule has 26 heavy (non-hydrogen) atoms. The minimum absolute atomic E-state index is 0.0938. The largest absolute Gasteiger partial charge is 0.449 e. The zero-order valence-corrected chi connectivity index (χ0v) is 15.1. The minimum atomic E-state index is -0.981. The summed E-state index contributed by atoms with van der Waals surface area (Å²) in [6.45, 7) is 7.21. The van der Waals surface area contributed by atoms with Gasteiger partial charge in [0.2, 0.25) is 5.76 Å². The molecule has 0 saturated carbocycles. The average Bonchev–Trinajstić information content (AvgIpc) is 3.20. The molecule has 0 saturated heterocycles. The Kier molecular flexibility index (Phi) is 4.79. The summed E-state index contributed by atoms with van der Waals surface area (Å²) in [4.78, 5) is 24.8. The molecule has 1 atom stereocenters. The van der Waals surface area contributed by atoms with Crippen molar-refractivity contribution in [2.24, 2.45) is 0 Å². The lowest BCUT2D eigenvalue weighted by atomic mass is 10.1. The van der Waals surface area contributed by atoms with Crippen molar-refractivity contribution < 1.29 is 18.7 Å². The van der Waals surface area contributed by atoms with Crippen molar-refractivity contribution in [2.75, 3.05) is 5.32 Å². The number of hydrogen-bond donors (Lipinski definition) is 1. The molecule has 0 fully saturated rings. The van der Waals surface area contributed by atoms with E-state index in [9.17, 15) is 9.59 Å². The number of nitrogens with one attached hydrogen (secondary N) is 1. The molecular weight excluding hydrogens is 334 g/mol. The highest BCUT2D eigenvalue weighted by molar-refractivity contribution is 5.99. The van der Waals surface area contributed by atoms with E-state index < -0.39 is 18.0 Å². The summed E-state index contributed by atoms with van der Waals surface area (Å²) in [7, 11) is 0. The van der Waals surface area contributed by atoms with E-state index in [0.29, 0.717) is 17.0 Å². The standard InChI is InChI=1S/C19H21N3O4/c1-11(2)22-16(9-10-20-22)21-18(23)13(4)25-19(24)17-12(3)14-7-5-6-8-15(14)26-17/h5-11,13H,1-4H3,(H,21,23)/t13-/m1/s1. The van der Waals surface area contributed by atoms with Crippen molar-refractivity contribution in [2.45, 2.75) is 39.8 Å². The number of esters is 1. The summed E-state index contributed by atoms with van der Waals surface area (Å²) in [5, 5.41) is 7.72. The van der Waals surface area contributed by atoms with Crippen LogP contribution in [-0.4, -0.2) is 27.8 Å². The first-order valence-electron chi connectivity index (χ1n) is 8.42. The fourth-order valence-electron chi connectivity index (χ4n) is 2.69. The van der Waals surface area contributed by atoms with Gasteiger partial charge in [0.15, 0.2) is 6.10 Å². The number of anilines is 1. The van der Waals surface area contributed by atoms with Crippen molar-refractivity contribution in [3.05, 3.63) is 47.9 Å². The molecule has 1 N–H and O–H groups in total. The Morgan fingerprint density at radius 1 is 1.19 bits per heavy atom. The first-order chi connectivity index (χ1) is 12.4. The SMILES string of the molecule is Cc1c(C(=O)O[C@H](C)C(=O)Nc2ccnn2C(C)C)oc2ccccc12.